The van der Waals surface area contributed by atoms with Crippen LogP contribution in [0.5, 0.6) is 5.75 Å². The Labute approximate surface area is 145 Å². The Bertz CT molecular complexity index is 1000. The zero-order chi connectivity index (χ0) is 17.2. The summed E-state index contributed by atoms with van der Waals surface area (Å²) in [6.45, 7) is 0.550. The van der Waals surface area contributed by atoms with Crippen LogP contribution in [0.1, 0.15) is 11.1 Å². The Morgan fingerprint density at radius 3 is 2.72 bits per heavy atom. The maximum absolute atomic E-state index is 9.55. The maximum Gasteiger partial charge on any atom is 0.160 e. The molecule has 0 radical (unpaired) electrons. The van der Waals surface area contributed by atoms with Gasteiger partial charge < -0.3 is 14.3 Å². The fourth-order valence-electron chi connectivity index (χ4n) is 2.99. The molecule has 0 aliphatic heterocycles. The molecule has 0 amide bonds. The van der Waals surface area contributed by atoms with Crippen molar-refractivity contribution in [1.29, 1.82) is 0 Å². The lowest BCUT2D eigenvalue weighted by atomic mass is 10.1. The van der Waals surface area contributed by atoms with Crippen LogP contribution >= 0.6 is 0 Å². The van der Waals surface area contributed by atoms with Gasteiger partial charge in [-0.05, 0) is 23.8 Å². The van der Waals surface area contributed by atoms with Gasteiger partial charge in [0.05, 0.1) is 32.0 Å². The van der Waals surface area contributed by atoms with Crippen LogP contribution in [0.15, 0.2) is 65.3 Å². The van der Waals surface area contributed by atoms with Crippen LogP contribution in [0.4, 0.5) is 0 Å². The summed E-state index contributed by atoms with van der Waals surface area (Å²) in [7, 11) is 1.65. The van der Waals surface area contributed by atoms with E-state index in [1.807, 2.05) is 41.1 Å². The molecule has 0 fully saturated rings. The molecule has 4 rings (SSSR count). The van der Waals surface area contributed by atoms with Gasteiger partial charge in [-0.25, -0.2) is 0 Å². The Morgan fingerprint density at radius 2 is 1.96 bits per heavy atom. The van der Waals surface area contributed by atoms with Gasteiger partial charge in [-0.2, -0.15) is 5.10 Å². The molecule has 25 heavy (non-hydrogen) atoms. The number of aromatic nitrogens is 2. The van der Waals surface area contributed by atoms with Crippen LogP contribution in [0.3, 0.4) is 0 Å². The van der Waals surface area contributed by atoms with Crippen LogP contribution in [-0.4, -0.2) is 22.0 Å². The molecule has 0 saturated heterocycles. The number of hydrogen-bond donors (Lipinski definition) is 1. The van der Waals surface area contributed by atoms with E-state index in [-0.39, 0.29) is 6.61 Å². The molecule has 0 unspecified atom stereocenters. The monoisotopic (exact) mass is 334 g/mol. The van der Waals surface area contributed by atoms with Crippen molar-refractivity contribution in [3.63, 3.8) is 0 Å². The molecule has 126 valence electrons. The number of hydrogen-bond acceptors (Lipinski definition) is 4. The lowest BCUT2D eigenvalue weighted by Gasteiger charge is -2.05. The van der Waals surface area contributed by atoms with E-state index in [9.17, 15) is 5.11 Å². The molecule has 4 aromatic rings. The summed E-state index contributed by atoms with van der Waals surface area (Å²) >= 11 is 0. The van der Waals surface area contributed by atoms with Crippen molar-refractivity contribution < 1.29 is 14.3 Å². The highest BCUT2D eigenvalue weighted by atomic mass is 16.5. The van der Waals surface area contributed by atoms with Gasteiger partial charge in [0, 0.05) is 17.0 Å². The van der Waals surface area contributed by atoms with E-state index in [2.05, 4.69) is 12.1 Å². The smallest absolute Gasteiger partial charge is 0.160 e. The summed E-state index contributed by atoms with van der Waals surface area (Å²) in [5, 5.41) is 15.3. The molecule has 0 saturated carbocycles. The minimum absolute atomic E-state index is 0.0883. The molecule has 0 atom stereocenters. The number of ether oxygens (including phenoxy) is 1. The largest absolute Gasteiger partial charge is 0.497 e. The molecule has 0 aliphatic rings. The third kappa shape index (κ3) is 2.79. The van der Waals surface area contributed by atoms with Crippen molar-refractivity contribution in [2.24, 2.45) is 0 Å². The Hall–Kier alpha value is -3.05. The highest BCUT2D eigenvalue weighted by Crippen LogP contribution is 2.33. The van der Waals surface area contributed by atoms with Crippen molar-refractivity contribution in [2.75, 3.05) is 7.11 Å². The molecular weight excluding hydrogens is 316 g/mol. The number of fused-ring (bicyclic) bond motifs is 1. The molecule has 2 aromatic carbocycles. The highest BCUT2D eigenvalue weighted by Gasteiger charge is 2.18. The summed E-state index contributed by atoms with van der Waals surface area (Å²) in [6.07, 6.45) is 1.58. The maximum atomic E-state index is 9.55. The first-order valence-corrected chi connectivity index (χ1v) is 8.06. The van der Waals surface area contributed by atoms with E-state index in [1.165, 1.54) is 0 Å². The number of benzene rings is 2. The SMILES string of the molecule is COc1ccc2c(-c3occc3CO)nn(Cc3ccccc3)c2c1. The molecule has 0 aliphatic carbocycles. The molecule has 2 aromatic heterocycles. The van der Waals surface area contributed by atoms with Gasteiger partial charge in [-0.1, -0.05) is 30.3 Å². The number of nitrogens with zero attached hydrogens (tertiary/aromatic N) is 2. The lowest BCUT2D eigenvalue weighted by Crippen LogP contribution is -2.01. The predicted octanol–water partition coefficient (Wildman–Crippen LogP) is 3.85. The quantitative estimate of drug-likeness (QED) is 0.602. The number of methoxy groups -OCH3 is 1. The number of aliphatic hydroxyl groups is 1. The van der Waals surface area contributed by atoms with Crippen LogP contribution in [0.2, 0.25) is 0 Å². The normalized spacial score (nSPS) is 11.1. The van der Waals surface area contributed by atoms with Crippen LogP contribution < -0.4 is 4.74 Å². The first-order valence-electron chi connectivity index (χ1n) is 8.06. The van der Waals surface area contributed by atoms with Crippen molar-refractivity contribution in [1.82, 2.24) is 9.78 Å². The average molecular weight is 334 g/mol. The third-order valence-corrected chi connectivity index (χ3v) is 4.27. The number of aliphatic hydroxyl groups excluding tert-OH is 1. The molecule has 1 N–H and O–H groups in total. The first kappa shape index (κ1) is 15.5. The Kier molecular flexibility index (Phi) is 3.99. The molecule has 0 bridgehead atoms. The summed E-state index contributed by atoms with van der Waals surface area (Å²) in [6, 6.07) is 17.8. The zero-order valence-corrected chi connectivity index (χ0v) is 13.8. The summed E-state index contributed by atoms with van der Waals surface area (Å²) in [5.74, 6) is 1.37. The van der Waals surface area contributed by atoms with E-state index in [0.717, 1.165) is 33.5 Å². The predicted molar refractivity (Wildman–Crippen MR) is 95.5 cm³/mol. The fraction of sp³-hybridized carbons (Fsp3) is 0.150. The summed E-state index contributed by atoms with van der Waals surface area (Å²) < 4.78 is 12.9. The van der Waals surface area contributed by atoms with E-state index in [4.69, 9.17) is 14.3 Å². The Balaban J connectivity index is 1.89. The van der Waals surface area contributed by atoms with E-state index in [0.29, 0.717) is 12.3 Å². The van der Waals surface area contributed by atoms with Crippen molar-refractivity contribution in [3.05, 3.63) is 72.0 Å². The van der Waals surface area contributed by atoms with Gasteiger partial charge in [0.25, 0.3) is 0 Å². The van der Waals surface area contributed by atoms with Gasteiger partial charge >= 0.3 is 0 Å². The highest BCUT2D eigenvalue weighted by molar-refractivity contribution is 5.93. The second-order valence-electron chi connectivity index (χ2n) is 5.81. The minimum atomic E-state index is -0.0883. The van der Waals surface area contributed by atoms with Crippen molar-refractivity contribution >= 4 is 10.9 Å². The number of rotatable bonds is 5. The summed E-state index contributed by atoms with van der Waals surface area (Å²) in [4.78, 5) is 0. The zero-order valence-electron chi connectivity index (χ0n) is 13.8. The minimum Gasteiger partial charge on any atom is -0.497 e. The molecule has 2 heterocycles. The van der Waals surface area contributed by atoms with Crippen LogP contribution in [-0.2, 0) is 13.2 Å². The van der Waals surface area contributed by atoms with Crippen LogP contribution in [0, 0.1) is 0 Å². The van der Waals surface area contributed by atoms with Gasteiger partial charge in [-0.3, -0.25) is 4.68 Å². The number of furan rings is 1. The summed E-state index contributed by atoms with van der Waals surface area (Å²) in [5.41, 5.74) is 3.56. The third-order valence-electron chi connectivity index (χ3n) is 4.27. The fourth-order valence-corrected chi connectivity index (χ4v) is 2.99. The molecule has 5 heteroatoms. The van der Waals surface area contributed by atoms with Crippen LogP contribution in [0.25, 0.3) is 22.4 Å². The van der Waals surface area contributed by atoms with Gasteiger partial charge in [0.1, 0.15) is 11.4 Å². The molecule has 0 spiro atoms. The van der Waals surface area contributed by atoms with Crippen molar-refractivity contribution in [2.45, 2.75) is 13.2 Å². The molecular formula is C20H18N2O3. The van der Waals surface area contributed by atoms with Gasteiger partial charge in [-0.15, -0.1) is 0 Å². The lowest BCUT2D eigenvalue weighted by molar-refractivity contribution is 0.281. The topological polar surface area (TPSA) is 60.4 Å². The van der Waals surface area contributed by atoms with Gasteiger partial charge in [0.2, 0.25) is 0 Å². The second kappa shape index (κ2) is 6.45. The standard InChI is InChI=1S/C20H18N2O3/c1-24-16-7-8-17-18(11-16)22(12-14-5-3-2-4-6-14)21-19(17)20-15(13-23)9-10-25-20/h2-11,23H,12-13H2,1H3. The van der Waals surface area contributed by atoms with Gasteiger partial charge in [0.15, 0.2) is 5.76 Å². The van der Waals surface area contributed by atoms with E-state index >= 15 is 0 Å². The average Bonchev–Trinajstić information content (AvgIpc) is 3.26. The van der Waals surface area contributed by atoms with Crippen molar-refractivity contribution in [3.8, 4) is 17.2 Å². The molecule has 5 nitrogen and oxygen atoms in total. The van der Waals surface area contributed by atoms with E-state index < -0.39 is 0 Å². The van der Waals surface area contributed by atoms with E-state index in [1.54, 1.807) is 19.4 Å². The Morgan fingerprint density at radius 1 is 1.12 bits per heavy atom. The second-order valence-corrected chi connectivity index (χ2v) is 5.81. The first-order chi connectivity index (χ1) is 12.3.